The van der Waals surface area contributed by atoms with Crippen LogP contribution in [0.15, 0.2) is 11.1 Å². The standard InChI is InChI=1S/C27H51N4O8P/c1-2-3-4-5-6-7-8-9-10-11-12-13-14-15-17-36-18-16-19-37-40(34,35)38-21-24-23(32)20-25(39-24)31-22-29-26(28)30-27(31)33/h22-25,32H,2-21H2,1H3,(H,34,35)(H2,28,30,33)/t23-,24-,25-/m1/s1. The van der Waals surface area contributed by atoms with Gasteiger partial charge in [0.1, 0.15) is 18.7 Å². The highest BCUT2D eigenvalue weighted by molar-refractivity contribution is 7.47. The molecule has 12 nitrogen and oxygen atoms in total. The number of phosphoric acid groups is 1. The summed E-state index contributed by atoms with van der Waals surface area (Å²) >= 11 is 0. The van der Waals surface area contributed by atoms with Crippen LogP contribution >= 0.6 is 7.82 Å². The number of nitrogens with two attached hydrogens (primary N) is 1. The van der Waals surface area contributed by atoms with Crippen molar-refractivity contribution in [3.63, 3.8) is 0 Å². The maximum atomic E-state index is 12.1. The fourth-order valence-corrected chi connectivity index (χ4v) is 5.40. The number of aliphatic hydroxyl groups excluding tert-OH is 1. The van der Waals surface area contributed by atoms with Crippen LogP contribution in [0.5, 0.6) is 0 Å². The highest BCUT2D eigenvalue weighted by Crippen LogP contribution is 2.44. The summed E-state index contributed by atoms with van der Waals surface area (Å²) in [5, 5.41) is 10.2. The Labute approximate surface area is 238 Å². The Morgan fingerprint density at radius 2 is 1.52 bits per heavy atom. The lowest BCUT2D eigenvalue weighted by molar-refractivity contribution is -0.0469. The van der Waals surface area contributed by atoms with Crippen LogP contribution in [-0.2, 0) is 23.1 Å². The second-order valence-corrected chi connectivity index (χ2v) is 11.9. The van der Waals surface area contributed by atoms with E-state index < -0.39 is 31.9 Å². The number of rotatable bonds is 24. The summed E-state index contributed by atoms with van der Waals surface area (Å²) in [5.74, 6) is -0.168. The molecular formula is C27H51N4O8P. The lowest BCUT2D eigenvalue weighted by atomic mass is 10.0. The van der Waals surface area contributed by atoms with Crippen LogP contribution in [-0.4, -0.2) is 63.2 Å². The maximum absolute atomic E-state index is 12.1. The first kappa shape index (κ1) is 34.8. The molecule has 1 aliphatic rings. The highest BCUT2D eigenvalue weighted by Gasteiger charge is 2.37. The third-order valence-corrected chi connectivity index (χ3v) is 7.98. The van der Waals surface area contributed by atoms with Gasteiger partial charge in [-0.3, -0.25) is 13.6 Å². The molecule has 40 heavy (non-hydrogen) atoms. The minimum Gasteiger partial charge on any atom is -0.390 e. The third kappa shape index (κ3) is 15.0. The number of aliphatic hydroxyl groups is 1. The summed E-state index contributed by atoms with van der Waals surface area (Å²) in [7, 11) is -4.33. The molecule has 0 spiro atoms. The minimum absolute atomic E-state index is 0.00138. The van der Waals surface area contributed by atoms with E-state index in [9.17, 15) is 19.4 Å². The molecule has 2 rings (SSSR count). The summed E-state index contributed by atoms with van der Waals surface area (Å²) < 4.78 is 34.4. The summed E-state index contributed by atoms with van der Waals surface area (Å²) in [6.45, 7) is 2.98. The molecule has 0 aliphatic carbocycles. The van der Waals surface area contributed by atoms with Crippen LogP contribution in [0.25, 0.3) is 0 Å². The van der Waals surface area contributed by atoms with Gasteiger partial charge in [-0.05, 0) is 12.8 Å². The van der Waals surface area contributed by atoms with Crippen LogP contribution in [0.3, 0.4) is 0 Å². The number of ether oxygens (including phenoxy) is 2. The first-order valence-corrected chi connectivity index (χ1v) is 16.6. The van der Waals surface area contributed by atoms with E-state index in [2.05, 4.69) is 16.9 Å². The van der Waals surface area contributed by atoms with Gasteiger partial charge in [0.15, 0.2) is 0 Å². The SMILES string of the molecule is CCCCCCCCCCCCCCCCOCCCOP(=O)(O)OC[C@H]1O[C@@H](n2cnc(N)nc2=O)C[C@H]1O. The van der Waals surface area contributed by atoms with Gasteiger partial charge in [0, 0.05) is 19.6 Å². The zero-order chi connectivity index (χ0) is 29.1. The second-order valence-electron chi connectivity index (χ2n) is 10.5. The Kier molecular flexibility index (Phi) is 17.8. The van der Waals surface area contributed by atoms with E-state index >= 15 is 0 Å². The van der Waals surface area contributed by atoms with Gasteiger partial charge >= 0.3 is 13.5 Å². The van der Waals surface area contributed by atoms with Gasteiger partial charge in [0.2, 0.25) is 5.95 Å². The molecule has 1 aromatic heterocycles. The summed E-state index contributed by atoms with van der Waals surface area (Å²) in [6, 6.07) is 0. The maximum Gasteiger partial charge on any atom is 0.472 e. The number of unbranched alkanes of at least 4 members (excludes halogenated alkanes) is 13. The van der Waals surface area contributed by atoms with Gasteiger partial charge in [-0.15, -0.1) is 0 Å². The van der Waals surface area contributed by atoms with E-state index in [0.29, 0.717) is 19.6 Å². The molecular weight excluding hydrogens is 539 g/mol. The Bertz CT molecular complexity index is 906. The second kappa shape index (κ2) is 20.5. The van der Waals surface area contributed by atoms with Crippen LogP contribution in [0.1, 0.15) is 116 Å². The number of anilines is 1. The molecule has 4 N–H and O–H groups in total. The number of phosphoric ester groups is 1. The van der Waals surface area contributed by atoms with E-state index in [4.69, 9.17) is 24.3 Å². The highest BCUT2D eigenvalue weighted by atomic mass is 31.2. The van der Waals surface area contributed by atoms with Gasteiger partial charge in [0.05, 0.1) is 19.3 Å². The lowest BCUT2D eigenvalue weighted by Crippen LogP contribution is -2.29. The molecule has 13 heteroatoms. The molecule has 1 unspecified atom stereocenters. The van der Waals surface area contributed by atoms with E-state index in [0.717, 1.165) is 17.4 Å². The Morgan fingerprint density at radius 3 is 2.12 bits per heavy atom. The predicted octanol–water partition coefficient (Wildman–Crippen LogP) is 4.89. The van der Waals surface area contributed by atoms with Crippen molar-refractivity contribution in [2.75, 3.05) is 32.2 Å². The molecule has 2 heterocycles. The number of nitrogens with zero attached hydrogens (tertiary/aromatic N) is 3. The lowest BCUT2D eigenvalue weighted by Gasteiger charge is -2.18. The van der Waals surface area contributed by atoms with Crippen molar-refractivity contribution in [3.05, 3.63) is 16.8 Å². The molecule has 1 aliphatic heterocycles. The van der Waals surface area contributed by atoms with Crippen molar-refractivity contribution in [1.29, 1.82) is 0 Å². The molecule has 1 saturated heterocycles. The predicted molar refractivity (Wildman–Crippen MR) is 153 cm³/mol. The molecule has 1 fully saturated rings. The molecule has 0 aromatic carbocycles. The largest absolute Gasteiger partial charge is 0.472 e. The van der Waals surface area contributed by atoms with Gasteiger partial charge in [-0.1, -0.05) is 90.4 Å². The fourth-order valence-electron chi connectivity index (χ4n) is 4.64. The van der Waals surface area contributed by atoms with E-state index in [-0.39, 0.29) is 25.6 Å². The van der Waals surface area contributed by atoms with Gasteiger partial charge < -0.3 is 25.2 Å². The number of hydrogen-bond donors (Lipinski definition) is 3. The van der Waals surface area contributed by atoms with Crippen molar-refractivity contribution in [2.45, 2.75) is 128 Å². The quantitative estimate of drug-likeness (QED) is 0.111. The van der Waals surface area contributed by atoms with Crippen LogP contribution in [0, 0.1) is 0 Å². The zero-order valence-corrected chi connectivity index (χ0v) is 25.1. The third-order valence-electron chi connectivity index (χ3n) is 6.99. The Morgan fingerprint density at radius 1 is 0.950 bits per heavy atom. The molecule has 1 aromatic rings. The van der Waals surface area contributed by atoms with Crippen LogP contribution in [0.4, 0.5) is 5.95 Å². The van der Waals surface area contributed by atoms with E-state index in [1.807, 2.05) is 0 Å². The van der Waals surface area contributed by atoms with Crippen molar-refractivity contribution in [2.24, 2.45) is 0 Å². The number of aromatic nitrogens is 3. The fraction of sp³-hybridized carbons (Fsp3) is 0.889. The molecule has 0 bridgehead atoms. The summed E-state index contributed by atoms with van der Waals surface area (Å²) in [5.41, 5.74) is 4.70. The Hall–Kier alpha value is -1.40. The zero-order valence-electron chi connectivity index (χ0n) is 24.2. The smallest absolute Gasteiger partial charge is 0.390 e. The first-order chi connectivity index (χ1) is 19.3. The molecule has 232 valence electrons. The summed E-state index contributed by atoms with van der Waals surface area (Å²) in [6.07, 6.45) is 17.3. The van der Waals surface area contributed by atoms with Crippen LogP contribution in [0.2, 0.25) is 0 Å². The van der Waals surface area contributed by atoms with Gasteiger partial charge in [-0.2, -0.15) is 4.98 Å². The van der Waals surface area contributed by atoms with Crippen LogP contribution < -0.4 is 11.4 Å². The van der Waals surface area contributed by atoms with Gasteiger partial charge in [0.25, 0.3) is 0 Å². The van der Waals surface area contributed by atoms with Gasteiger partial charge in [-0.25, -0.2) is 14.3 Å². The van der Waals surface area contributed by atoms with Crippen molar-refractivity contribution in [3.8, 4) is 0 Å². The van der Waals surface area contributed by atoms with E-state index in [1.54, 1.807) is 0 Å². The van der Waals surface area contributed by atoms with Crippen molar-refractivity contribution >= 4 is 13.8 Å². The summed E-state index contributed by atoms with van der Waals surface area (Å²) in [4.78, 5) is 29.1. The molecule has 0 radical (unpaired) electrons. The van der Waals surface area contributed by atoms with Crippen molar-refractivity contribution in [1.82, 2.24) is 14.5 Å². The topological polar surface area (TPSA) is 168 Å². The van der Waals surface area contributed by atoms with E-state index in [1.165, 1.54) is 83.4 Å². The number of hydrogen-bond acceptors (Lipinski definition) is 10. The molecule has 0 saturated carbocycles. The first-order valence-electron chi connectivity index (χ1n) is 15.1. The normalized spacial score (nSPS) is 20.6. The average Bonchev–Trinajstić information content (AvgIpc) is 3.28. The van der Waals surface area contributed by atoms with Crippen molar-refractivity contribution < 1.29 is 33.1 Å². The average molecular weight is 591 g/mol. The monoisotopic (exact) mass is 590 g/mol. The minimum atomic E-state index is -4.33. The number of nitrogen functional groups attached to an aromatic ring is 1. The molecule has 0 amide bonds. The Balaban J connectivity index is 1.40. The molecule has 4 atom stereocenters.